The lowest BCUT2D eigenvalue weighted by Crippen LogP contribution is -2.38. The number of fused-ring (bicyclic) bond motifs is 1. The molecule has 7 nitrogen and oxygen atoms in total. The zero-order valence-electron chi connectivity index (χ0n) is 16.2. The standard InChI is InChI=1S/C22H19FN4O3/c1-14-12-15-6-2-5-9-19(15)27(14)22(30)18-10-11-21(29)26(25-18)13-20(28)24-17-8-4-3-7-16(17)23/h2-11,14H,12-13H2,1H3,(H,24,28)/t14-/m0/s1. The minimum atomic E-state index is -0.626. The van der Waals surface area contributed by atoms with Gasteiger partial charge in [-0.2, -0.15) is 5.10 Å². The van der Waals surface area contributed by atoms with Gasteiger partial charge in [0.25, 0.3) is 11.5 Å². The van der Waals surface area contributed by atoms with Gasteiger partial charge in [-0.15, -0.1) is 0 Å². The quantitative estimate of drug-likeness (QED) is 0.722. The van der Waals surface area contributed by atoms with Gasteiger partial charge in [-0.25, -0.2) is 9.07 Å². The molecule has 0 fully saturated rings. The summed E-state index contributed by atoms with van der Waals surface area (Å²) in [6.45, 7) is 1.50. The molecule has 1 N–H and O–H groups in total. The highest BCUT2D eigenvalue weighted by molar-refractivity contribution is 6.06. The molecule has 1 aliphatic heterocycles. The molecule has 3 aromatic rings. The Hall–Kier alpha value is -3.81. The van der Waals surface area contributed by atoms with Crippen molar-refractivity contribution in [1.82, 2.24) is 9.78 Å². The van der Waals surface area contributed by atoms with Gasteiger partial charge in [0.1, 0.15) is 18.1 Å². The second-order valence-corrected chi connectivity index (χ2v) is 7.10. The molecule has 8 heteroatoms. The highest BCUT2D eigenvalue weighted by Gasteiger charge is 2.32. The summed E-state index contributed by atoms with van der Waals surface area (Å²) in [5.41, 5.74) is 1.40. The number of nitrogens with one attached hydrogen (secondary N) is 1. The van der Waals surface area contributed by atoms with Crippen molar-refractivity contribution < 1.29 is 14.0 Å². The Bertz CT molecular complexity index is 1190. The van der Waals surface area contributed by atoms with E-state index in [1.165, 1.54) is 30.3 Å². The number of hydrogen-bond acceptors (Lipinski definition) is 4. The number of para-hydroxylation sites is 2. The third-order valence-corrected chi connectivity index (χ3v) is 4.95. The fraction of sp³-hybridized carbons (Fsp3) is 0.182. The number of nitrogens with zero attached hydrogens (tertiary/aromatic N) is 3. The van der Waals surface area contributed by atoms with E-state index in [1.807, 2.05) is 31.2 Å². The summed E-state index contributed by atoms with van der Waals surface area (Å²) in [6.07, 6.45) is 0.729. The summed E-state index contributed by atoms with van der Waals surface area (Å²) >= 11 is 0. The number of rotatable bonds is 4. The Morgan fingerprint density at radius 2 is 1.83 bits per heavy atom. The third-order valence-electron chi connectivity index (χ3n) is 4.95. The molecule has 2 heterocycles. The zero-order chi connectivity index (χ0) is 21.3. The van der Waals surface area contributed by atoms with Gasteiger partial charge in [0.15, 0.2) is 0 Å². The number of benzene rings is 2. The van der Waals surface area contributed by atoms with Crippen LogP contribution in [-0.2, 0) is 17.8 Å². The number of aromatic nitrogens is 2. The van der Waals surface area contributed by atoms with E-state index in [9.17, 15) is 18.8 Å². The summed E-state index contributed by atoms with van der Waals surface area (Å²) in [4.78, 5) is 39.2. The fourth-order valence-corrected chi connectivity index (χ4v) is 3.56. The number of carbonyl (C=O) groups excluding carboxylic acids is 2. The second kappa shape index (κ2) is 7.90. The summed E-state index contributed by atoms with van der Waals surface area (Å²) < 4.78 is 14.6. The van der Waals surface area contributed by atoms with Crippen molar-refractivity contribution in [3.8, 4) is 0 Å². The normalized spacial score (nSPS) is 15.0. The van der Waals surface area contributed by atoms with Gasteiger partial charge < -0.3 is 10.2 Å². The van der Waals surface area contributed by atoms with Crippen LogP contribution >= 0.6 is 0 Å². The molecule has 1 atom stereocenters. The average molecular weight is 406 g/mol. The van der Waals surface area contributed by atoms with E-state index in [0.29, 0.717) is 0 Å². The summed E-state index contributed by atoms with van der Waals surface area (Å²) in [7, 11) is 0. The lowest BCUT2D eigenvalue weighted by atomic mass is 10.1. The van der Waals surface area contributed by atoms with E-state index in [4.69, 9.17) is 0 Å². The van der Waals surface area contributed by atoms with Gasteiger partial charge in [-0.05, 0) is 43.2 Å². The minimum Gasteiger partial charge on any atom is -0.322 e. The molecule has 152 valence electrons. The van der Waals surface area contributed by atoms with E-state index in [0.717, 1.165) is 22.4 Å². The molecule has 0 bridgehead atoms. The maximum atomic E-state index is 13.7. The smallest absolute Gasteiger partial charge is 0.278 e. The number of anilines is 2. The number of amides is 2. The van der Waals surface area contributed by atoms with E-state index < -0.39 is 23.8 Å². The second-order valence-electron chi connectivity index (χ2n) is 7.10. The number of carbonyl (C=O) groups is 2. The van der Waals surface area contributed by atoms with E-state index in [2.05, 4.69) is 10.4 Å². The summed E-state index contributed by atoms with van der Waals surface area (Å²) in [6, 6.07) is 15.8. The van der Waals surface area contributed by atoms with E-state index >= 15 is 0 Å². The van der Waals surface area contributed by atoms with Crippen LogP contribution in [0.3, 0.4) is 0 Å². The molecule has 0 saturated heterocycles. The van der Waals surface area contributed by atoms with Gasteiger partial charge >= 0.3 is 0 Å². The van der Waals surface area contributed by atoms with Crippen LogP contribution in [0, 0.1) is 5.82 Å². The average Bonchev–Trinajstić information content (AvgIpc) is 3.06. The Morgan fingerprint density at radius 3 is 2.63 bits per heavy atom. The molecule has 1 aliphatic rings. The Kier molecular flexibility index (Phi) is 5.14. The van der Waals surface area contributed by atoms with Crippen molar-refractivity contribution in [3.63, 3.8) is 0 Å². The Labute approximate surface area is 171 Å². The predicted molar refractivity (Wildman–Crippen MR) is 110 cm³/mol. The van der Waals surface area contributed by atoms with Gasteiger partial charge in [-0.1, -0.05) is 30.3 Å². The van der Waals surface area contributed by atoms with Crippen LogP contribution < -0.4 is 15.8 Å². The highest BCUT2D eigenvalue weighted by atomic mass is 19.1. The van der Waals surface area contributed by atoms with Crippen LogP contribution in [0.1, 0.15) is 23.0 Å². The molecule has 0 spiro atoms. The molecular formula is C22H19FN4O3. The van der Waals surface area contributed by atoms with Crippen molar-refractivity contribution in [3.05, 3.63) is 88.1 Å². The zero-order valence-corrected chi connectivity index (χ0v) is 16.2. The largest absolute Gasteiger partial charge is 0.322 e. The maximum Gasteiger partial charge on any atom is 0.278 e. The SMILES string of the molecule is C[C@H]1Cc2ccccc2N1C(=O)c1ccc(=O)n(CC(=O)Nc2ccccc2F)n1. The molecule has 1 aromatic heterocycles. The van der Waals surface area contributed by atoms with Gasteiger partial charge in [-0.3, -0.25) is 14.4 Å². The first-order valence-electron chi connectivity index (χ1n) is 9.48. The van der Waals surface area contributed by atoms with E-state index in [-0.39, 0.29) is 23.3 Å². The van der Waals surface area contributed by atoms with Crippen LogP contribution in [0.15, 0.2) is 65.5 Å². The number of halogens is 1. The summed E-state index contributed by atoms with van der Waals surface area (Å²) in [5.74, 6) is -1.56. The molecular weight excluding hydrogens is 387 g/mol. The van der Waals surface area contributed by atoms with Crippen LogP contribution in [0.4, 0.5) is 15.8 Å². The first-order chi connectivity index (χ1) is 14.4. The molecule has 0 aliphatic carbocycles. The molecule has 4 rings (SSSR count). The topological polar surface area (TPSA) is 84.3 Å². The molecule has 2 aromatic carbocycles. The fourth-order valence-electron chi connectivity index (χ4n) is 3.56. The molecule has 0 unspecified atom stereocenters. The van der Waals surface area contributed by atoms with E-state index in [1.54, 1.807) is 11.0 Å². The first kappa shape index (κ1) is 19.5. The van der Waals surface area contributed by atoms with Crippen molar-refractivity contribution >= 4 is 23.2 Å². The highest BCUT2D eigenvalue weighted by Crippen LogP contribution is 2.32. The van der Waals surface area contributed by atoms with Crippen molar-refractivity contribution in [1.29, 1.82) is 0 Å². The van der Waals surface area contributed by atoms with Crippen LogP contribution in [-0.4, -0.2) is 27.6 Å². The number of hydrogen-bond donors (Lipinski definition) is 1. The van der Waals surface area contributed by atoms with Crippen molar-refractivity contribution in [2.75, 3.05) is 10.2 Å². The molecule has 0 radical (unpaired) electrons. The van der Waals surface area contributed by atoms with Crippen molar-refractivity contribution in [2.45, 2.75) is 25.9 Å². The Balaban J connectivity index is 1.56. The van der Waals surface area contributed by atoms with Crippen LogP contribution in [0.25, 0.3) is 0 Å². The Morgan fingerprint density at radius 1 is 1.10 bits per heavy atom. The molecule has 30 heavy (non-hydrogen) atoms. The predicted octanol–water partition coefficient (Wildman–Crippen LogP) is 2.61. The molecule has 0 saturated carbocycles. The lowest BCUT2D eigenvalue weighted by molar-refractivity contribution is -0.117. The van der Waals surface area contributed by atoms with Crippen LogP contribution in [0.2, 0.25) is 0 Å². The van der Waals surface area contributed by atoms with Crippen LogP contribution in [0.5, 0.6) is 0 Å². The van der Waals surface area contributed by atoms with Gasteiger partial charge in [0.2, 0.25) is 5.91 Å². The van der Waals surface area contributed by atoms with Gasteiger partial charge in [0.05, 0.1) is 5.69 Å². The lowest BCUT2D eigenvalue weighted by Gasteiger charge is -2.22. The monoisotopic (exact) mass is 406 g/mol. The third kappa shape index (κ3) is 3.71. The van der Waals surface area contributed by atoms with Crippen molar-refractivity contribution in [2.24, 2.45) is 0 Å². The first-order valence-corrected chi connectivity index (χ1v) is 9.48. The molecule has 2 amide bonds. The maximum absolute atomic E-state index is 13.7. The van der Waals surface area contributed by atoms with Gasteiger partial charge in [0, 0.05) is 17.8 Å². The minimum absolute atomic E-state index is 0.00489. The summed E-state index contributed by atoms with van der Waals surface area (Å²) in [5, 5.41) is 6.49.